The molecule has 0 saturated heterocycles. The van der Waals surface area contributed by atoms with Gasteiger partial charge in [0.2, 0.25) is 0 Å². The fourth-order valence-electron chi connectivity index (χ4n) is 2.87. The predicted octanol–water partition coefficient (Wildman–Crippen LogP) is 3.63. The molecule has 0 aliphatic heterocycles. The number of rotatable bonds is 7. The van der Waals surface area contributed by atoms with Gasteiger partial charge in [-0.3, -0.25) is 0 Å². The lowest BCUT2D eigenvalue weighted by atomic mass is 9.81. The van der Waals surface area contributed by atoms with Crippen LogP contribution in [0.25, 0.3) is 0 Å². The van der Waals surface area contributed by atoms with Crippen LogP contribution in [-0.2, 0) is 0 Å². The average Bonchev–Trinajstić information content (AvgIpc) is 2.40. The molecule has 3 heteroatoms. The molecule has 0 amide bonds. The predicted molar refractivity (Wildman–Crippen MR) is 84.2 cm³/mol. The van der Waals surface area contributed by atoms with Gasteiger partial charge in [0.1, 0.15) is 11.9 Å². The van der Waals surface area contributed by atoms with Gasteiger partial charge in [-0.2, -0.15) is 0 Å². The molecule has 114 valence electrons. The van der Waals surface area contributed by atoms with Crippen LogP contribution in [0.4, 0.5) is 0 Å². The van der Waals surface area contributed by atoms with E-state index in [9.17, 15) is 5.11 Å². The minimum atomic E-state index is -0.567. The Morgan fingerprint density at radius 1 is 1.15 bits per heavy atom. The van der Waals surface area contributed by atoms with Crippen LogP contribution in [0.1, 0.15) is 52.2 Å². The molecule has 0 spiro atoms. The summed E-state index contributed by atoms with van der Waals surface area (Å²) in [5.41, 5.74) is 0.606. The Kier molecular flexibility index (Phi) is 6.03. The topological polar surface area (TPSA) is 32.7 Å². The number of benzene rings is 1. The number of ether oxygens (including phenoxy) is 1. The smallest absolute Gasteiger partial charge is 0.125 e. The van der Waals surface area contributed by atoms with E-state index in [0.717, 1.165) is 24.2 Å². The van der Waals surface area contributed by atoms with Crippen LogP contribution in [-0.4, -0.2) is 35.7 Å². The van der Waals surface area contributed by atoms with Gasteiger partial charge in [-0.25, -0.2) is 0 Å². The van der Waals surface area contributed by atoms with Crippen LogP contribution in [0.3, 0.4) is 0 Å². The molecule has 1 unspecified atom stereocenters. The van der Waals surface area contributed by atoms with E-state index < -0.39 is 6.10 Å². The van der Waals surface area contributed by atoms with Crippen molar-refractivity contribution < 1.29 is 9.84 Å². The van der Waals surface area contributed by atoms with E-state index in [1.807, 2.05) is 52.2 Å². The van der Waals surface area contributed by atoms with E-state index >= 15 is 0 Å². The lowest BCUT2D eigenvalue weighted by Gasteiger charge is -2.43. The maximum Gasteiger partial charge on any atom is 0.125 e. The van der Waals surface area contributed by atoms with Crippen LogP contribution in [0.15, 0.2) is 24.3 Å². The Hall–Kier alpha value is -1.06. The molecule has 0 radical (unpaired) electrons. The van der Waals surface area contributed by atoms with Crippen LogP contribution in [0, 0.1) is 0 Å². The molecule has 0 aromatic heterocycles. The molecule has 0 saturated carbocycles. The van der Waals surface area contributed by atoms with Gasteiger partial charge in [-0.15, -0.1) is 0 Å². The number of para-hydroxylation sites is 1. The van der Waals surface area contributed by atoms with Crippen molar-refractivity contribution in [3.8, 4) is 5.75 Å². The summed E-state index contributed by atoms with van der Waals surface area (Å²) in [7, 11) is 4.06. The van der Waals surface area contributed by atoms with E-state index in [0.29, 0.717) is 0 Å². The zero-order chi connectivity index (χ0) is 15.3. The Morgan fingerprint density at radius 2 is 1.70 bits per heavy atom. The Bertz CT molecular complexity index is 411. The molecular formula is C17H29NO2. The summed E-state index contributed by atoms with van der Waals surface area (Å²) < 4.78 is 5.85. The summed E-state index contributed by atoms with van der Waals surface area (Å²) in [6.45, 7) is 8.25. The molecule has 0 fully saturated rings. The number of aliphatic hydroxyl groups excluding tert-OH is 1. The molecule has 0 aliphatic rings. The largest absolute Gasteiger partial charge is 0.491 e. The lowest BCUT2D eigenvalue weighted by Crippen LogP contribution is -2.48. The molecular weight excluding hydrogens is 250 g/mol. The van der Waals surface area contributed by atoms with E-state index in [1.54, 1.807) is 0 Å². The third-order valence-electron chi connectivity index (χ3n) is 4.20. The molecule has 1 atom stereocenters. The van der Waals surface area contributed by atoms with Crippen molar-refractivity contribution >= 4 is 0 Å². The first-order valence-corrected chi connectivity index (χ1v) is 7.50. The lowest BCUT2D eigenvalue weighted by molar-refractivity contribution is -0.0167. The fraction of sp³-hybridized carbons (Fsp3) is 0.647. The quantitative estimate of drug-likeness (QED) is 0.827. The number of hydrogen-bond donors (Lipinski definition) is 1. The van der Waals surface area contributed by atoms with Crippen LogP contribution in [0.2, 0.25) is 0 Å². The van der Waals surface area contributed by atoms with Crippen LogP contribution in [0.5, 0.6) is 5.75 Å². The van der Waals surface area contributed by atoms with Crippen molar-refractivity contribution in [3.63, 3.8) is 0 Å². The molecule has 1 aromatic carbocycles. The van der Waals surface area contributed by atoms with Crippen molar-refractivity contribution in [3.05, 3.63) is 29.8 Å². The summed E-state index contributed by atoms with van der Waals surface area (Å²) in [4.78, 5) is 2.13. The second-order valence-electron chi connectivity index (χ2n) is 5.81. The number of nitrogens with zero attached hydrogens (tertiary/aromatic N) is 1. The van der Waals surface area contributed by atoms with Gasteiger partial charge < -0.3 is 14.7 Å². The number of aliphatic hydroxyl groups is 1. The standard InChI is InChI=1S/C17H29NO2/c1-7-17(8-2,18(5)6)16(19)14-11-9-10-12-15(14)20-13(3)4/h9-13,16,19H,7-8H2,1-6H3. The SMILES string of the molecule is CCC(CC)(C(O)c1ccccc1OC(C)C)N(C)C. The summed E-state index contributed by atoms with van der Waals surface area (Å²) in [5, 5.41) is 11.0. The van der Waals surface area contributed by atoms with Gasteiger partial charge >= 0.3 is 0 Å². The van der Waals surface area contributed by atoms with E-state index in [1.165, 1.54) is 0 Å². The van der Waals surface area contributed by atoms with Crippen molar-refractivity contribution in [2.45, 2.75) is 58.3 Å². The van der Waals surface area contributed by atoms with E-state index in [4.69, 9.17) is 4.74 Å². The normalized spacial score (nSPS) is 13.8. The molecule has 1 aromatic rings. The minimum Gasteiger partial charge on any atom is -0.491 e. The minimum absolute atomic E-state index is 0.0976. The van der Waals surface area contributed by atoms with Gasteiger partial charge in [-0.1, -0.05) is 32.0 Å². The third kappa shape index (κ3) is 3.33. The molecule has 0 heterocycles. The second kappa shape index (κ2) is 7.09. The zero-order valence-corrected chi connectivity index (χ0v) is 13.7. The van der Waals surface area contributed by atoms with E-state index in [2.05, 4.69) is 18.7 Å². The van der Waals surface area contributed by atoms with Crippen molar-refractivity contribution in [2.75, 3.05) is 14.1 Å². The van der Waals surface area contributed by atoms with Crippen molar-refractivity contribution in [1.82, 2.24) is 4.90 Å². The molecule has 20 heavy (non-hydrogen) atoms. The summed E-state index contributed by atoms with van der Waals surface area (Å²) in [6, 6.07) is 7.80. The highest BCUT2D eigenvalue weighted by molar-refractivity contribution is 5.37. The maximum atomic E-state index is 11.0. The number of likely N-dealkylation sites (N-methyl/N-ethyl adjacent to an activating group) is 1. The molecule has 1 rings (SSSR count). The van der Waals surface area contributed by atoms with Crippen molar-refractivity contribution in [2.24, 2.45) is 0 Å². The Balaban J connectivity index is 3.21. The molecule has 1 N–H and O–H groups in total. The average molecular weight is 279 g/mol. The van der Waals surface area contributed by atoms with Gasteiger partial charge in [0.05, 0.1) is 11.6 Å². The summed E-state index contributed by atoms with van der Waals surface area (Å²) in [5.74, 6) is 0.781. The summed E-state index contributed by atoms with van der Waals surface area (Å²) >= 11 is 0. The third-order valence-corrected chi connectivity index (χ3v) is 4.20. The maximum absolute atomic E-state index is 11.0. The molecule has 0 aliphatic carbocycles. The number of hydrogen-bond acceptors (Lipinski definition) is 3. The monoisotopic (exact) mass is 279 g/mol. The summed E-state index contributed by atoms with van der Waals surface area (Å²) in [6.07, 6.45) is 1.30. The second-order valence-corrected chi connectivity index (χ2v) is 5.81. The zero-order valence-electron chi connectivity index (χ0n) is 13.7. The highest BCUT2D eigenvalue weighted by Crippen LogP contribution is 2.39. The van der Waals surface area contributed by atoms with Gasteiger partial charge in [-0.05, 0) is 46.9 Å². The highest BCUT2D eigenvalue weighted by atomic mass is 16.5. The molecule has 3 nitrogen and oxygen atoms in total. The Labute approximate surface area is 123 Å². The Morgan fingerprint density at radius 3 is 2.15 bits per heavy atom. The first-order valence-electron chi connectivity index (χ1n) is 7.50. The first kappa shape index (κ1) is 17.0. The van der Waals surface area contributed by atoms with Crippen LogP contribution < -0.4 is 4.74 Å². The first-order chi connectivity index (χ1) is 9.39. The van der Waals surface area contributed by atoms with Gasteiger partial charge in [0, 0.05) is 5.56 Å². The van der Waals surface area contributed by atoms with Crippen molar-refractivity contribution in [1.29, 1.82) is 0 Å². The van der Waals surface area contributed by atoms with Gasteiger partial charge in [0.15, 0.2) is 0 Å². The fourth-order valence-corrected chi connectivity index (χ4v) is 2.87. The van der Waals surface area contributed by atoms with Crippen LogP contribution >= 0.6 is 0 Å². The van der Waals surface area contributed by atoms with E-state index in [-0.39, 0.29) is 11.6 Å². The molecule has 0 bridgehead atoms. The highest BCUT2D eigenvalue weighted by Gasteiger charge is 2.39. The van der Waals surface area contributed by atoms with Gasteiger partial charge in [0.25, 0.3) is 0 Å².